The highest BCUT2D eigenvalue weighted by atomic mass is 32.1. The van der Waals surface area contributed by atoms with Gasteiger partial charge in [-0.1, -0.05) is 36.4 Å². The van der Waals surface area contributed by atoms with Crippen LogP contribution < -0.4 is 5.32 Å². The van der Waals surface area contributed by atoms with Gasteiger partial charge in [0.15, 0.2) is 6.61 Å². The van der Waals surface area contributed by atoms with Crippen LogP contribution in [-0.2, 0) is 14.3 Å². The zero-order chi connectivity index (χ0) is 22.4. The normalized spacial score (nSPS) is 10.4. The van der Waals surface area contributed by atoms with E-state index in [1.165, 1.54) is 35.6 Å². The van der Waals surface area contributed by atoms with E-state index < -0.39 is 24.5 Å². The number of phenolic OH excluding ortho intramolecular Hbond substituents is 1. The number of amides is 1. The van der Waals surface area contributed by atoms with Crippen molar-refractivity contribution in [3.8, 4) is 16.9 Å². The van der Waals surface area contributed by atoms with Gasteiger partial charge in [-0.05, 0) is 37.6 Å². The minimum Gasteiger partial charge on any atom is -0.508 e. The molecule has 2 N–H and O–H groups in total. The number of benzene rings is 2. The standard InChI is InChI=1S/C23H21NO6S/c1-3-29-23(28)20-19(15-8-5-4-6-9-15)14(2)31-21(20)24-18(26)13-30-22(27)16-10-7-11-17(25)12-16/h4-12,25H,3,13H2,1-2H3,(H,24,26). The van der Waals surface area contributed by atoms with Gasteiger partial charge in [0.25, 0.3) is 5.91 Å². The third-order valence-electron chi connectivity index (χ3n) is 4.30. The molecular weight excluding hydrogens is 418 g/mol. The summed E-state index contributed by atoms with van der Waals surface area (Å²) in [6.07, 6.45) is 0. The average molecular weight is 439 g/mol. The first-order valence-corrected chi connectivity index (χ1v) is 10.3. The van der Waals surface area contributed by atoms with Gasteiger partial charge in [-0.15, -0.1) is 11.3 Å². The average Bonchev–Trinajstić information content (AvgIpc) is 3.08. The highest BCUT2D eigenvalue weighted by Crippen LogP contribution is 2.40. The number of carbonyl (C=O) groups is 3. The zero-order valence-corrected chi connectivity index (χ0v) is 17.8. The van der Waals surface area contributed by atoms with Gasteiger partial charge in [-0.2, -0.15) is 0 Å². The number of anilines is 1. The lowest BCUT2D eigenvalue weighted by molar-refractivity contribution is -0.119. The van der Waals surface area contributed by atoms with Gasteiger partial charge >= 0.3 is 11.9 Å². The Hall–Kier alpha value is -3.65. The number of carbonyl (C=O) groups excluding carboxylic acids is 3. The Morgan fingerprint density at radius 2 is 1.74 bits per heavy atom. The molecule has 31 heavy (non-hydrogen) atoms. The van der Waals surface area contributed by atoms with E-state index in [-0.39, 0.29) is 23.5 Å². The molecule has 0 aliphatic heterocycles. The Morgan fingerprint density at radius 3 is 2.42 bits per heavy atom. The van der Waals surface area contributed by atoms with E-state index in [1.807, 2.05) is 37.3 Å². The maximum absolute atomic E-state index is 12.7. The third-order valence-corrected chi connectivity index (χ3v) is 5.32. The van der Waals surface area contributed by atoms with E-state index in [9.17, 15) is 19.5 Å². The number of aryl methyl sites for hydroxylation is 1. The molecule has 0 spiro atoms. The molecule has 0 atom stereocenters. The Labute approximate surface area is 183 Å². The molecule has 160 valence electrons. The largest absolute Gasteiger partial charge is 0.508 e. The number of nitrogens with one attached hydrogen (secondary N) is 1. The monoisotopic (exact) mass is 439 g/mol. The summed E-state index contributed by atoms with van der Waals surface area (Å²) in [4.78, 5) is 38.0. The van der Waals surface area contributed by atoms with E-state index >= 15 is 0 Å². The highest BCUT2D eigenvalue weighted by Gasteiger charge is 2.25. The van der Waals surface area contributed by atoms with Crippen LogP contribution in [0.2, 0.25) is 0 Å². The van der Waals surface area contributed by atoms with Crippen molar-refractivity contribution in [3.05, 3.63) is 70.6 Å². The second-order valence-corrected chi connectivity index (χ2v) is 7.72. The molecule has 0 radical (unpaired) electrons. The topological polar surface area (TPSA) is 102 Å². The van der Waals surface area contributed by atoms with Crippen LogP contribution in [0, 0.1) is 6.92 Å². The number of thiophene rings is 1. The third kappa shape index (κ3) is 5.29. The lowest BCUT2D eigenvalue weighted by atomic mass is 10.0. The Bertz CT molecular complexity index is 1110. The zero-order valence-electron chi connectivity index (χ0n) is 17.0. The molecule has 0 aliphatic rings. The summed E-state index contributed by atoms with van der Waals surface area (Å²) in [7, 11) is 0. The number of phenols is 1. The molecular formula is C23H21NO6S. The van der Waals surface area contributed by atoms with Gasteiger partial charge in [0.05, 0.1) is 12.2 Å². The molecule has 0 unspecified atom stereocenters. The second kappa shape index (κ2) is 9.90. The molecule has 8 heteroatoms. The maximum Gasteiger partial charge on any atom is 0.341 e. The minimum absolute atomic E-state index is 0.0829. The van der Waals surface area contributed by atoms with Crippen LogP contribution in [0.3, 0.4) is 0 Å². The molecule has 7 nitrogen and oxygen atoms in total. The van der Waals surface area contributed by atoms with Crippen molar-refractivity contribution in [2.75, 3.05) is 18.5 Å². The summed E-state index contributed by atoms with van der Waals surface area (Å²) in [5, 5.41) is 12.4. The molecule has 3 aromatic rings. The minimum atomic E-state index is -0.746. The fraction of sp³-hybridized carbons (Fsp3) is 0.174. The van der Waals surface area contributed by atoms with Gasteiger partial charge in [-0.25, -0.2) is 9.59 Å². The van der Waals surface area contributed by atoms with Crippen LogP contribution in [0.1, 0.15) is 32.5 Å². The van der Waals surface area contributed by atoms with Crippen LogP contribution in [0.25, 0.3) is 11.1 Å². The van der Waals surface area contributed by atoms with E-state index in [0.29, 0.717) is 10.6 Å². The van der Waals surface area contributed by atoms with Gasteiger partial charge in [0.1, 0.15) is 16.3 Å². The number of aromatic hydroxyl groups is 1. The molecule has 0 saturated heterocycles. The van der Waals surface area contributed by atoms with E-state index in [4.69, 9.17) is 9.47 Å². The summed E-state index contributed by atoms with van der Waals surface area (Å²) in [5.74, 6) is -1.97. The summed E-state index contributed by atoms with van der Waals surface area (Å²) in [5.41, 5.74) is 1.91. The molecule has 3 rings (SSSR count). The predicted molar refractivity (Wildman–Crippen MR) is 117 cm³/mol. The van der Waals surface area contributed by atoms with Crippen LogP contribution in [-0.4, -0.2) is 36.2 Å². The SMILES string of the molecule is CCOC(=O)c1c(NC(=O)COC(=O)c2cccc(O)c2)sc(C)c1-c1ccccc1. The highest BCUT2D eigenvalue weighted by molar-refractivity contribution is 7.17. The fourth-order valence-electron chi connectivity index (χ4n) is 2.99. The lowest BCUT2D eigenvalue weighted by Gasteiger charge is -2.09. The molecule has 0 aliphatic carbocycles. The number of rotatable bonds is 7. The molecule has 2 aromatic carbocycles. The molecule has 1 heterocycles. The Morgan fingerprint density at radius 1 is 1.00 bits per heavy atom. The quantitative estimate of drug-likeness (QED) is 0.529. The number of esters is 2. The van der Waals surface area contributed by atoms with Gasteiger partial charge in [0, 0.05) is 10.4 Å². The number of ether oxygens (including phenoxy) is 2. The first kappa shape index (κ1) is 22.0. The second-order valence-electron chi connectivity index (χ2n) is 6.50. The molecule has 1 amide bonds. The van der Waals surface area contributed by atoms with E-state index in [2.05, 4.69) is 5.32 Å². The van der Waals surface area contributed by atoms with E-state index in [1.54, 1.807) is 6.92 Å². The molecule has 0 fully saturated rings. The Balaban J connectivity index is 1.79. The van der Waals surface area contributed by atoms with Crippen LogP contribution >= 0.6 is 11.3 Å². The number of hydrogen-bond donors (Lipinski definition) is 2. The van der Waals surface area contributed by atoms with Crippen LogP contribution in [0.4, 0.5) is 5.00 Å². The van der Waals surface area contributed by atoms with Crippen LogP contribution in [0.15, 0.2) is 54.6 Å². The van der Waals surface area contributed by atoms with Crippen molar-refractivity contribution in [1.29, 1.82) is 0 Å². The van der Waals surface area contributed by atoms with Gasteiger partial charge < -0.3 is 19.9 Å². The first-order valence-electron chi connectivity index (χ1n) is 9.52. The number of hydrogen-bond acceptors (Lipinski definition) is 7. The van der Waals surface area contributed by atoms with Crippen molar-refractivity contribution in [3.63, 3.8) is 0 Å². The summed E-state index contributed by atoms with van der Waals surface area (Å²) >= 11 is 1.24. The van der Waals surface area contributed by atoms with Gasteiger partial charge in [-0.3, -0.25) is 4.79 Å². The van der Waals surface area contributed by atoms with Crippen molar-refractivity contribution >= 4 is 34.2 Å². The molecule has 0 saturated carbocycles. The predicted octanol–water partition coefficient (Wildman–Crippen LogP) is 4.40. The summed E-state index contributed by atoms with van der Waals surface area (Å²) in [6.45, 7) is 3.21. The summed E-state index contributed by atoms with van der Waals surface area (Å²) in [6, 6.07) is 15.0. The van der Waals surface area contributed by atoms with Crippen molar-refractivity contribution < 1.29 is 29.0 Å². The Kier molecular flexibility index (Phi) is 7.04. The smallest absolute Gasteiger partial charge is 0.341 e. The lowest BCUT2D eigenvalue weighted by Crippen LogP contribution is -2.21. The van der Waals surface area contributed by atoms with E-state index in [0.717, 1.165) is 10.4 Å². The fourth-order valence-corrected chi connectivity index (χ4v) is 4.07. The van der Waals surface area contributed by atoms with Crippen molar-refractivity contribution in [2.24, 2.45) is 0 Å². The first-order chi connectivity index (χ1) is 14.9. The van der Waals surface area contributed by atoms with Gasteiger partial charge in [0.2, 0.25) is 0 Å². The maximum atomic E-state index is 12.7. The van der Waals surface area contributed by atoms with Crippen LogP contribution in [0.5, 0.6) is 5.75 Å². The molecule has 1 aromatic heterocycles. The summed E-state index contributed by atoms with van der Waals surface area (Å²) < 4.78 is 10.2. The van der Waals surface area contributed by atoms with Crippen molar-refractivity contribution in [2.45, 2.75) is 13.8 Å². The molecule has 0 bridgehead atoms. The van der Waals surface area contributed by atoms with Crippen molar-refractivity contribution in [1.82, 2.24) is 0 Å².